The first-order valence-electron chi connectivity index (χ1n) is 5.36. The molecule has 6 nitrogen and oxygen atoms in total. The third kappa shape index (κ3) is 2.70. The number of nitrogens with one attached hydrogen (secondary N) is 1. The Labute approximate surface area is 130 Å². The quantitative estimate of drug-likeness (QED) is 0.648. The van der Waals surface area contributed by atoms with Crippen LogP contribution in [-0.4, -0.2) is 15.1 Å². The fourth-order valence-electron chi connectivity index (χ4n) is 1.71. The summed E-state index contributed by atoms with van der Waals surface area (Å²) in [4.78, 5) is 9.86. The number of alkyl halides is 3. The molecule has 0 fully saturated rings. The fourth-order valence-corrected chi connectivity index (χ4v) is 2.38. The molecule has 2 aromatic rings. The highest BCUT2D eigenvalue weighted by Crippen LogP contribution is 2.41. The molecule has 2 rings (SSSR count). The number of aromatic nitrogens is 2. The zero-order chi connectivity index (χ0) is 16.7. The van der Waals surface area contributed by atoms with Crippen molar-refractivity contribution < 1.29 is 18.1 Å². The number of hydrogen-bond donors (Lipinski definition) is 1. The van der Waals surface area contributed by atoms with Crippen molar-refractivity contribution in [2.24, 2.45) is 0 Å². The second-order valence-corrected chi connectivity index (χ2v) is 4.79. The molecule has 0 atom stereocenters. The Balaban J connectivity index is 2.70. The first-order valence-corrected chi connectivity index (χ1v) is 6.12. The summed E-state index contributed by atoms with van der Waals surface area (Å²) < 4.78 is 38.0. The van der Waals surface area contributed by atoms with Crippen molar-refractivity contribution in [3.8, 4) is 17.3 Å². The molecule has 0 aliphatic rings. The number of rotatable bonds is 2. The number of hydrogen-bond acceptors (Lipinski definition) is 4. The van der Waals surface area contributed by atoms with Crippen molar-refractivity contribution in [3.63, 3.8) is 0 Å². The van der Waals surface area contributed by atoms with E-state index in [1.807, 2.05) is 5.10 Å². The molecule has 22 heavy (non-hydrogen) atoms. The van der Waals surface area contributed by atoms with Gasteiger partial charge in [-0.05, 0) is 17.1 Å². The lowest BCUT2D eigenvalue weighted by molar-refractivity contribution is -0.389. The van der Waals surface area contributed by atoms with Gasteiger partial charge >= 0.3 is 12.0 Å². The predicted molar refractivity (Wildman–Crippen MR) is 70.4 cm³/mol. The van der Waals surface area contributed by atoms with Gasteiger partial charge in [-0.1, -0.05) is 28.3 Å². The molecule has 0 unspecified atom stereocenters. The van der Waals surface area contributed by atoms with Gasteiger partial charge in [0.15, 0.2) is 5.56 Å². The maximum absolute atomic E-state index is 12.7. The van der Waals surface area contributed by atoms with Crippen molar-refractivity contribution >= 4 is 29.0 Å². The Hall–Kier alpha value is -2.31. The third-order valence-corrected chi connectivity index (χ3v) is 3.24. The van der Waals surface area contributed by atoms with E-state index in [1.165, 1.54) is 0 Å². The number of nitro groups is 1. The van der Waals surface area contributed by atoms with Crippen LogP contribution >= 0.6 is 23.2 Å². The van der Waals surface area contributed by atoms with Gasteiger partial charge < -0.3 is 10.1 Å². The van der Waals surface area contributed by atoms with Crippen LogP contribution in [0, 0.1) is 21.4 Å². The van der Waals surface area contributed by atoms with Crippen LogP contribution in [-0.2, 0) is 6.18 Å². The summed E-state index contributed by atoms with van der Waals surface area (Å²) in [7, 11) is 0. The predicted octanol–water partition coefficient (Wildman–Crippen LogP) is 4.18. The van der Waals surface area contributed by atoms with Crippen LogP contribution < -0.4 is 0 Å². The second kappa shape index (κ2) is 5.47. The number of nitrogens with zero attached hydrogens (tertiary/aromatic N) is 3. The fraction of sp³-hybridized carbons (Fsp3) is 0.0909. The summed E-state index contributed by atoms with van der Waals surface area (Å²) in [5.41, 5.74) is -2.06. The van der Waals surface area contributed by atoms with Gasteiger partial charge in [0.1, 0.15) is 11.8 Å². The maximum Gasteiger partial charge on any atom is 0.416 e. The Morgan fingerprint density at radius 1 is 1.32 bits per heavy atom. The van der Waals surface area contributed by atoms with Crippen LogP contribution in [0.5, 0.6) is 0 Å². The number of H-pyrrole nitrogens is 1. The minimum Gasteiger partial charge on any atom is -0.358 e. The molecule has 0 aliphatic heterocycles. The standard InChI is InChI=1S/C11H3Cl2F3N4O2/c12-6-1-4(11(14,15)16)2-7(13)8(6)9-5(3-17)10(19-18-9)20(21)22/h1-2H,(H,18,19). The minimum atomic E-state index is -4.67. The Morgan fingerprint density at radius 3 is 2.27 bits per heavy atom. The van der Waals surface area contributed by atoms with Crippen molar-refractivity contribution in [2.75, 3.05) is 0 Å². The SMILES string of the molecule is N#Cc1c(-c2c(Cl)cc(C(F)(F)F)cc2Cl)n[nH]c1[N+](=O)[O-]. The van der Waals surface area contributed by atoms with E-state index in [4.69, 9.17) is 28.5 Å². The summed E-state index contributed by atoms with van der Waals surface area (Å²) >= 11 is 11.6. The van der Waals surface area contributed by atoms with E-state index in [0.717, 1.165) is 0 Å². The molecule has 1 aromatic carbocycles. The first-order chi connectivity index (χ1) is 10.2. The van der Waals surface area contributed by atoms with Crippen LogP contribution in [0.4, 0.5) is 19.0 Å². The molecular formula is C11H3Cl2F3N4O2. The molecule has 114 valence electrons. The van der Waals surface area contributed by atoms with E-state index in [1.54, 1.807) is 6.07 Å². The Bertz CT molecular complexity index is 788. The van der Waals surface area contributed by atoms with E-state index in [-0.39, 0.29) is 11.3 Å². The van der Waals surface area contributed by atoms with E-state index in [2.05, 4.69) is 5.10 Å². The van der Waals surface area contributed by atoms with Crippen LogP contribution in [0.3, 0.4) is 0 Å². The molecule has 0 saturated carbocycles. The number of aromatic amines is 1. The van der Waals surface area contributed by atoms with Crippen LogP contribution in [0.1, 0.15) is 11.1 Å². The summed E-state index contributed by atoms with van der Waals surface area (Å²) in [6, 6.07) is 2.75. The zero-order valence-corrected chi connectivity index (χ0v) is 11.7. The molecular weight excluding hydrogens is 348 g/mol. The van der Waals surface area contributed by atoms with Crippen molar-refractivity contribution in [3.05, 3.63) is 43.4 Å². The van der Waals surface area contributed by atoms with E-state index in [0.29, 0.717) is 12.1 Å². The average molecular weight is 351 g/mol. The number of halogens is 5. The number of benzene rings is 1. The topological polar surface area (TPSA) is 95.6 Å². The van der Waals surface area contributed by atoms with E-state index in [9.17, 15) is 23.3 Å². The number of nitriles is 1. The van der Waals surface area contributed by atoms with Gasteiger partial charge in [-0.3, -0.25) is 0 Å². The Morgan fingerprint density at radius 2 is 1.86 bits per heavy atom. The second-order valence-electron chi connectivity index (χ2n) is 3.98. The van der Waals surface area contributed by atoms with Gasteiger partial charge in [-0.25, -0.2) is 0 Å². The van der Waals surface area contributed by atoms with Crippen LogP contribution in [0.25, 0.3) is 11.3 Å². The third-order valence-electron chi connectivity index (χ3n) is 2.65. The molecule has 0 bridgehead atoms. The lowest BCUT2D eigenvalue weighted by Gasteiger charge is -2.10. The minimum absolute atomic E-state index is 0.197. The largest absolute Gasteiger partial charge is 0.416 e. The zero-order valence-electron chi connectivity index (χ0n) is 10.2. The summed E-state index contributed by atoms with van der Waals surface area (Å²) in [6.07, 6.45) is -4.67. The lowest BCUT2D eigenvalue weighted by atomic mass is 10.1. The van der Waals surface area contributed by atoms with Gasteiger partial charge in [0.05, 0.1) is 15.6 Å². The summed E-state index contributed by atoms with van der Waals surface area (Å²) in [5, 5.41) is 24.4. The molecule has 1 N–H and O–H groups in total. The Kier molecular flexibility index (Phi) is 4.00. The van der Waals surface area contributed by atoms with Crippen LogP contribution in [0.2, 0.25) is 10.0 Å². The molecule has 0 amide bonds. The molecule has 0 spiro atoms. The molecule has 0 saturated heterocycles. The highest BCUT2D eigenvalue weighted by atomic mass is 35.5. The monoisotopic (exact) mass is 350 g/mol. The van der Waals surface area contributed by atoms with E-state index < -0.39 is 38.1 Å². The molecule has 1 heterocycles. The molecule has 1 aromatic heterocycles. The van der Waals surface area contributed by atoms with E-state index >= 15 is 0 Å². The molecule has 0 aliphatic carbocycles. The summed E-state index contributed by atoms with van der Waals surface area (Å²) in [5.74, 6) is -0.704. The van der Waals surface area contributed by atoms with Crippen molar-refractivity contribution in [2.45, 2.75) is 6.18 Å². The molecule has 11 heteroatoms. The van der Waals surface area contributed by atoms with Gasteiger partial charge in [0, 0.05) is 5.56 Å². The normalized spacial score (nSPS) is 11.3. The summed E-state index contributed by atoms with van der Waals surface area (Å²) in [6.45, 7) is 0. The van der Waals surface area contributed by atoms with Crippen LogP contribution in [0.15, 0.2) is 12.1 Å². The average Bonchev–Trinajstić information content (AvgIpc) is 2.80. The van der Waals surface area contributed by atoms with Crippen molar-refractivity contribution in [1.82, 2.24) is 10.2 Å². The smallest absolute Gasteiger partial charge is 0.358 e. The van der Waals surface area contributed by atoms with Gasteiger partial charge in [-0.2, -0.15) is 18.4 Å². The first kappa shape index (κ1) is 16.1. The molecule has 0 radical (unpaired) electrons. The lowest BCUT2D eigenvalue weighted by Crippen LogP contribution is -2.05. The van der Waals surface area contributed by atoms with Crippen molar-refractivity contribution in [1.29, 1.82) is 5.26 Å². The van der Waals surface area contributed by atoms with Gasteiger partial charge in [0.2, 0.25) is 0 Å². The maximum atomic E-state index is 12.7. The van der Waals surface area contributed by atoms with Gasteiger partial charge in [0.25, 0.3) is 0 Å². The highest BCUT2D eigenvalue weighted by molar-refractivity contribution is 6.39. The highest BCUT2D eigenvalue weighted by Gasteiger charge is 2.33. The van der Waals surface area contributed by atoms with Gasteiger partial charge in [-0.15, -0.1) is 5.10 Å².